The normalized spacial score (nSPS) is 19.1. The number of aromatic nitrogens is 1. The largest absolute Gasteiger partial charge is 0.356 e. The first kappa shape index (κ1) is 11.4. The van der Waals surface area contributed by atoms with Gasteiger partial charge in [0.25, 0.3) is 0 Å². The summed E-state index contributed by atoms with van der Waals surface area (Å²) < 4.78 is 0. The first-order valence-electron chi connectivity index (χ1n) is 5.93. The van der Waals surface area contributed by atoms with Crippen molar-refractivity contribution in [1.29, 1.82) is 0 Å². The number of rotatable bonds is 2. The van der Waals surface area contributed by atoms with Crippen molar-refractivity contribution in [3.05, 3.63) is 23.4 Å². The Morgan fingerprint density at radius 2 is 2.25 bits per heavy atom. The summed E-state index contributed by atoms with van der Waals surface area (Å²) in [7, 11) is 0. The molecule has 1 aromatic heterocycles. The van der Waals surface area contributed by atoms with E-state index in [1.807, 2.05) is 12.3 Å². The molecule has 3 nitrogen and oxygen atoms in total. The van der Waals surface area contributed by atoms with Gasteiger partial charge in [0, 0.05) is 31.4 Å². The number of pyridine rings is 1. The van der Waals surface area contributed by atoms with Crippen molar-refractivity contribution in [2.45, 2.75) is 33.7 Å². The van der Waals surface area contributed by atoms with Gasteiger partial charge in [0.05, 0.1) is 0 Å². The van der Waals surface area contributed by atoms with Crippen LogP contribution >= 0.6 is 0 Å². The fourth-order valence-electron chi connectivity index (χ4n) is 2.39. The van der Waals surface area contributed by atoms with Gasteiger partial charge in [0.15, 0.2) is 0 Å². The van der Waals surface area contributed by atoms with Crippen LogP contribution in [-0.2, 0) is 6.54 Å². The second-order valence-corrected chi connectivity index (χ2v) is 5.47. The maximum Gasteiger partial charge on any atom is 0.133 e. The Kier molecular flexibility index (Phi) is 2.89. The van der Waals surface area contributed by atoms with E-state index in [4.69, 9.17) is 5.73 Å². The molecule has 2 heterocycles. The van der Waals surface area contributed by atoms with Gasteiger partial charge in [-0.25, -0.2) is 4.98 Å². The summed E-state index contributed by atoms with van der Waals surface area (Å²) in [5.74, 6) is 1.09. The van der Waals surface area contributed by atoms with E-state index in [1.165, 1.54) is 17.5 Å². The lowest BCUT2D eigenvalue weighted by molar-refractivity contribution is 0.418. The molecule has 3 heteroatoms. The predicted molar refractivity (Wildman–Crippen MR) is 67.5 cm³/mol. The molecule has 16 heavy (non-hydrogen) atoms. The Morgan fingerprint density at radius 3 is 2.81 bits per heavy atom. The van der Waals surface area contributed by atoms with Gasteiger partial charge in [0.1, 0.15) is 5.82 Å². The van der Waals surface area contributed by atoms with E-state index in [-0.39, 0.29) is 0 Å². The fourth-order valence-corrected chi connectivity index (χ4v) is 2.39. The topological polar surface area (TPSA) is 42.2 Å². The molecule has 88 valence electrons. The molecule has 0 aromatic carbocycles. The van der Waals surface area contributed by atoms with Gasteiger partial charge in [-0.05, 0) is 30.4 Å². The maximum absolute atomic E-state index is 5.82. The molecule has 0 bridgehead atoms. The van der Waals surface area contributed by atoms with Crippen LogP contribution in [-0.4, -0.2) is 18.1 Å². The molecular formula is C13H21N3. The Balaban J connectivity index is 2.31. The molecule has 0 saturated carbocycles. The highest BCUT2D eigenvalue weighted by Gasteiger charge is 2.30. The smallest absolute Gasteiger partial charge is 0.133 e. The van der Waals surface area contributed by atoms with Gasteiger partial charge < -0.3 is 10.6 Å². The van der Waals surface area contributed by atoms with Gasteiger partial charge in [-0.15, -0.1) is 0 Å². The van der Waals surface area contributed by atoms with Crippen molar-refractivity contribution in [3.8, 4) is 0 Å². The molecule has 1 aliphatic rings. The molecule has 0 radical (unpaired) electrons. The lowest BCUT2D eigenvalue weighted by Gasteiger charge is -2.23. The van der Waals surface area contributed by atoms with Crippen LogP contribution in [0.15, 0.2) is 12.3 Å². The number of hydrogen-bond donors (Lipinski definition) is 1. The predicted octanol–water partition coefficient (Wildman–Crippen LogP) is 2.09. The fraction of sp³-hybridized carbons (Fsp3) is 0.615. The molecule has 1 fully saturated rings. The second-order valence-electron chi connectivity index (χ2n) is 5.47. The molecule has 1 aromatic rings. The standard InChI is InChI=1S/C13H21N3/c1-10-4-6-15-12(11(10)8-14)16-7-5-13(2,3)9-16/h4,6H,5,7-9,14H2,1-3H3. The minimum Gasteiger partial charge on any atom is -0.356 e. The SMILES string of the molecule is Cc1ccnc(N2CCC(C)(C)C2)c1CN. The van der Waals surface area contributed by atoms with Gasteiger partial charge in [-0.1, -0.05) is 13.8 Å². The van der Waals surface area contributed by atoms with Crippen molar-refractivity contribution in [1.82, 2.24) is 4.98 Å². The Labute approximate surface area is 97.7 Å². The lowest BCUT2D eigenvalue weighted by atomic mass is 9.93. The van der Waals surface area contributed by atoms with Crippen molar-refractivity contribution in [2.75, 3.05) is 18.0 Å². The van der Waals surface area contributed by atoms with E-state index in [1.54, 1.807) is 0 Å². The number of aryl methyl sites for hydroxylation is 1. The lowest BCUT2D eigenvalue weighted by Crippen LogP contribution is -2.25. The first-order valence-corrected chi connectivity index (χ1v) is 5.93. The summed E-state index contributed by atoms with van der Waals surface area (Å²) in [5.41, 5.74) is 8.66. The Bertz CT molecular complexity index is 385. The molecule has 2 N–H and O–H groups in total. The van der Waals surface area contributed by atoms with Gasteiger partial charge in [-0.2, -0.15) is 0 Å². The minimum absolute atomic E-state index is 0.400. The second kappa shape index (κ2) is 4.06. The molecule has 2 rings (SSSR count). The van der Waals surface area contributed by atoms with Crippen LogP contribution in [0.4, 0.5) is 5.82 Å². The third-order valence-electron chi connectivity index (χ3n) is 3.45. The number of anilines is 1. The molecular weight excluding hydrogens is 198 g/mol. The molecule has 0 spiro atoms. The van der Waals surface area contributed by atoms with E-state index < -0.39 is 0 Å². The molecule has 1 saturated heterocycles. The zero-order chi connectivity index (χ0) is 11.8. The number of nitrogens with zero attached hydrogens (tertiary/aromatic N) is 2. The van der Waals surface area contributed by atoms with Gasteiger partial charge >= 0.3 is 0 Å². The molecule has 0 unspecified atom stereocenters. The Hall–Kier alpha value is -1.09. The van der Waals surface area contributed by atoms with Crippen molar-refractivity contribution in [2.24, 2.45) is 11.1 Å². The quantitative estimate of drug-likeness (QED) is 0.828. The molecule has 1 aliphatic heterocycles. The average Bonchev–Trinajstić information content (AvgIpc) is 2.58. The van der Waals surface area contributed by atoms with Crippen molar-refractivity contribution >= 4 is 5.82 Å². The minimum atomic E-state index is 0.400. The molecule has 0 amide bonds. The van der Waals surface area contributed by atoms with E-state index in [2.05, 4.69) is 30.7 Å². The van der Waals surface area contributed by atoms with Crippen LogP contribution in [0, 0.1) is 12.3 Å². The van der Waals surface area contributed by atoms with E-state index in [0.717, 1.165) is 18.9 Å². The van der Waals surface area contributed by atoms with Crippen LogP contribution in [0.3, 0.4) is 0 Å². The van der Waals surface area contributed by atoms with E-state index in [0.29, 0.717) is 12.0 Å². The monoisotopic (exact) mass is 219 g/mol. The van der Waals surface area contributed by atoms with E-state index >= 15 is 0 Å². The molecule has 0 atom stereocenters. The summed E-state index contributed by atoms with van der Waals surface area (Å²) in [4.78, 5) is 6.87. The Morgan fingerprint density at radius 1 is 1.50 bits per heavy atom. The highest BCUT2D eigenvalue weighted by Crippen LogP contribution is 2.33. The van der Waals surface area contributed by atoms with Crippen LogP contribution in [0.1, 0.15) is 31.4 Å². The zero-order valence-electron chi connectivity index (χ0n) is 10.5. The van der Waals surface area contributed by atoms with Crippen LogP contribution in [0.2, 0.25) is 0 Å². The van der Waals surface area contributed by atoms with Gasteiger partial charge in [-0.3, -0.25) is 0 Å². The highest BCUT2D eigenvalue weighted by molar-refractivity contribution is 5.51. The maximum atomic E-state index is 5.82. The summed E-state index contributed by atoms with van der Waals surface area (Å²) >= 11 is 0. The van der Waals surface area contributed by atoms with Crippen molar-refractivity contribution in [3.63, 3.8) is 0 Å². The molecule has 0 aliphatic carbocycles. The third-order valence-corrected chi connectivity index (χ3v) is 3.45. The summed E-state index contributed by atoms with van der Waals surface area (Å²) in [5, 5.41) is 0. The average molecular weight is 219 g/mol. The van der Waals surface area contributed by atoms with Crippen molar-refractivity contribution < 1.29 is 0 Å². The van der Waals surface area contributed by atoms with Crippen LogP contribution in [0.5, 0.6) is 0 Å². The highest BCUT2D eigenvalue weighted by atomic mass is 15.2. The third kappa shape index (κ3) is 2.05. The number of nitrogens with two attached hydrogens (primary N) is 1. The van der Waals surface area contributed by atoms with Crippen LogP contribution in [0.25, 0.3) is 0 Å². The summed E-state index contributed by atoms with van der Waals surface area (Å²) in [6.45, 7) is 9.48. The number of hydrogen-bond acceptors (Lipinski definition) is 3. The van der Waals surface area contributed by atoms with Gasteiger partial charge in [0.2, 0.25) is 0 Å². The van der Waals surface area contributed by atoms with Crippen LogP contribution < -0.4 is 10.6 Å². The first-order chi connectivity index (χ1) is 7.53. The summed E-state index contributed by atoms with van der Waals surface area (Å²) in [6.07, 6.45) is 3.11. The van der Waals surface area contributed by atoms with E-state index in [9.17, 15) is 0 Å². The summed E-state index contributed by atoms with van der Waals surface area (Å²) in [6, 6.07) is 2.03. The zero-order valence-corrected chi connectivity index (χ0v) is 10.5.